The van der Waals surface area contributed by atoms with E-state index in [4.69, 9.17) is 4.74 Å². The largest absolute Gasteiger partial charge is 0.466 e. The summed E-state index contributed by atoms with van der Waals surface area (Å²) in [5, 5.41) is 7.03. The number of amides is 2. The van der Waals surface area contributed by atoms with Crippen LogP contribution in [0.5, 0.6) is 0 Å². The molecule has 4 atom stereocenters. The van der Waals surface area contributed by atoms with Gasteiger partial charge in [0, 0.05) is 43.5 Å². The normalized spacial score (nSPS) is 24.6. The average molecular weight is 540 g/mol. The van der Waals surface area contributed by atoms with E-state index in [1.54, 1.807) is 18.9 Å². The third-order valence-corrected chi connectivity index (χ3v) is 9.09. The average Bonchev–Trinajstić information content (AvgIpc) is 3.51. The van der Waals surface area contributed by atoms with Crippen LogP contribution in [0.2, 0.25) is 0 Å². The van der Waals surface area contributed by atoms with Gasteiger partial charge in [0.1, 0.15) is 6.04 Å². The van der Waals surface area contributed by atoms with Crippen LogP contribution in [-0.4, -0.2) is 77.9 Å². The molecule has 0 bridgehead atoms. The summed E-state index contributed by atoms with van der Waals surface area (Å²) in [5.74, 6) is -0.795. The van der Waals surface area contributed by atoms with Gasteiger partial charge >= 0.3 is 5.97 Å². The number of hydrogen-bond acceptors (Lipinski definition) is 8. The summed E-state index contributed by atoms with van der Waals surface area (Å²) in [7, 11) is 3.86. The predicted octanol–water partition coefficient (Wildman–Crippen LogP) is 2.76. The molecule has 1 aromatic carbocycles. The Hall–Kier alpha value is -2.98. The standard InChI is InChI=1S/C28H37N5O4S/c1-5-37-28(36)17-7-9-23(33(4)27(35)26-31-20-10-11-32(3)15-24(20)38-26)21(13-17)30-25(34)22-14-18-12-16(2)6-8-19(18)29-22/h6,8,12,17,21-23,29H,5,7,9-11,13-15H2,1-4H3,(H,30,34)/t17-,21+,22?,23-/m1/s1. The highest BCUT2D eigenvalue weighted by molar-refractivity contribution is 7.13. The first-order chi connectivity index (χ1) is 18.2. The summed E-state index contributed by atoms with van der Waals surface area (Å²) in [6.45, 7) is 5.90. The Morgan fingerprint density at radius 2 is 2.11 bits per heavy atom. The van der Waals surface area contributed by atoms with Crippen molar-refractivity contribution >= 4 is 34.8 Å². The van der Waals surface area contributed by atoms with Crippen LogP contribution in [0, 0.1) is 12.8 Å². The van der Waals surface area contributed by atoms with Crippen molar-refractivity contribution in [1.29, 1.82) is 0 Å². The molecule has 9 nitrogen and oxygen atoms in total. The van der Waals surface area contributed by atoms with Crippen molar-refractivity contribution in [2.75, 3.05) is 32.6 Å². The molecule has 2 aromatic rings. The Morgan fingerprint density at radius 1 is 1.29 bits per heavy atom. The van der Waals surface area contributed by atoms with Gasteiger partial charge in [0.05, 0.1) is 30.3 Å². The van der Waals surface area contributed by atoms with Gasteiger partial charge in [-0.05, 0) is 51.8 Å². The number of likely N-dealkylation sites (N-methyl/N-ethyl adjacent to an activating group) is 2. The Bertz CT molecular complexity index is 1230. The van der Waals surface area contributed by atoms with Crippen LogP contribution in [0.3, 0.4) is 0 Å². The molecule has 1 fully saturated rings. The minimum Gasteiger partial charge on any atom is -0.466 e. The second-order valence-corrected chi connectivity index (χ2v) is 11.9. The van der Waals surface area contributed by atoms with E-state index in [1.165, 1.54) is 11.3 Å². The Morgan fingerprint density at radius 3 is 2.89 bits per heavy atom. The lowest BCUT2D eigenvalue weighted by Gasteiger charge is -2.40. The summed E-state index contributed by atoms with van der Waals surface area (Å²) in [5.41, 5.74) is 4.28. The smallest absolute Gasteiger partial charge is 0.308 e. The molecule has 5 rings (SSSR count). The van der Waals surface area contributed by atoms with Gasteiger partial charge in [0.25, 0.3) is 5.91 Å². The number of carbonyl (C=O) groups is 3. The molecule has 10 heteroatoms. The number of fused-ring (bicyclic) bond motifs is 2. The molecule has 1 aliphatic carbocycles. The summed E-state index contributed by atoms with van der Waals surface area (Å²) in [4.78, 5) is 49.4. The van der Waals surface area contributed by atoms with Crippen molar-refractivity contribution in [2.24, 2.45) is 5.92 Å². The number of nitrogens with zero attached hydrogens (tertiary/aromatic N) is 3. The molecule has 204 valence electrons. The molecule has 3 heterocycles. The number of hydrogen-bond donors (Lipinski definition) is 2. The van der Waals surface area contributed by atoms with Crippen molar-refractivity contribution < 1.29 is 19.1 Å². The van der Waals surface area contributed by atoms with Crippen molar-refractivity contribution in [2.45, 2.75) is 70.6 Å². The number of aromatic nitrogens is 1. The molecule has 0 saturated heterocycles. The van der Waals surface area contributed by atoms with Gasteiger partial charge in [-0.15, -0.1) is 11.3 Å². The van der Waals surface area contributed by atoms with E-state index in [-0.39, 0.29) is 41.8 Å². The molecule has 1 saturated carbocycles. The maximum atomic E-state index is 13.6. The first kappa shape index (κ1) is 26.6. The van der Waals surface area contributed by atoms with Crippen LogP contribution in [0.15, 0.2) is 18.2 Å². The molecule has 2 amide bonds. The fourth-order valence-corrected chi connectivity index (χ4v) is 7.07. The van der Waals surface area contributed by atoms with Gasteiger partial charge < -0.3 is 25.2 Å². The summed E-state index contributed by atoms with van der Waals surface area (Å²) >= 11 is 1.47. The van der Waals surface area contributed by atoms with E-state index in [0.717, 1.165) is 46.9 Å². The van der Waals surface area contributed by atoms with E-state index in [0.29, 0.717) is 37.3 Å². The second-order valence-electron chi connectivity index (χ2n) is 10.8. The molecule has 0 spiro atoms. The van der Waals surface area contributed by atoms with Crippen LogP contribution in [0.4, 0.5) is 5.69 Å². The number of nitrogens with one attached hydrogen (secondary N) is 2. The van der Waals surface area contributed by atoms with Crippen molar-refractivity contribution in [3.8, 4) is 0 Å². The molecule has 3 aliphatic rings. The lowest BCUT2D eigenvalue weighted by molar-refractivity contribution is -0.150. The van der Waals surface area contributed by atoms with E-state index in [1.807, 2.05) is 19.1 Å². The number of aryl methyl sites for hydroxylation is 1. The van der Waals surface area contributed by atoms with Gasteiger partial charge in [0.2, 0.25) is 5.91 Å². The third-order valence-electron chi connectivity index (χ3n) is 8.02. The van der Waals surface area contributed by atoms with Crippen LogP contribution in [0.1, 0.15) is 57.7 Å². The lowest BCUT2D eigenvalue weighted by Crippen LogP contribution is -2.57. The highest BCUT2D eigenvalue weighted by Crippen LogP contribution is 2.32. The van der Waals surface area contributed by atoms with Crippen LogP contribution >= 0.6 is 11.3 Å². The molecule has 2 N–H and O–H groups in total. The van der Waals surface area contributed by atoms with Crippen LogP contribution in [0.25, 0.3) is 0 Å². The van der Waals surface area contributed by atoms with E-state index >= 15 is 0 Å². The Kier molecular flexibility index (Phi) is 7.72. The number of esters is 1. The Balaban J connectivity index is 1.32. The van der Waals surface area contributed by atoms with Gasteiger partial charge in [-0.25, -0.2) is 4.98 Å². The van der Waals surface area contributed by atoms with Gasteiger partial charge in [0.15, 0.2) is 5.01 Å². The van der Waals surface area contributed by atoms with Crippen LogP contribution < -0.4 is 10.6 Å². The first-order valence-electron chi connectivity index (χ1n) is 13.5. The number of carbonyl (C=O) groups excluding carboxylic acids is 3. The molecule has 0 radical (unpaired) electrons. The van der Waals surface area contributed by atoms with Crippen molar-refractivity contribution in [1.82, 2.24) is 20.1 Å². The number of rotatable bonds is 6. The molecule has 1 unspecified atom stereocenters. The van der Waals surface area contributed by atoms with Gasteiger partial charge in [-0.2, -0.15) is 0 Å². The van der Waals surface area contributed by atoms with Crippen LogP contribution in [-0.2, 0) is 33.7 Å². The number of ether oxygens (including phenoxy) is 1. The molecular formula is C28H37N5O4S. The molecule has 38 heavy (non-hydrogen) atoms. The molecule has 1 aromatic heterocycles. The van der Waals surface area contributed by atoms with Crippen molar-refractivity contribution in [3.63, 3.8) is 0 Å². The topological polar surface area (TPSA) is 104 Å². The zero-order chi connectivity index (χ0) is 27.0. The SMILES string of the molecule is CCOC(=O)[C@@H]1CC[C@@H](N(C)C(=O)c2nc3c(s2)CN(C)CC3)[C@@H](NC(=O)C2Cc3cc(C)ccc3N2)C1. The zero-order valence-corrected chi connectivity index (χ0v) is 23.4. The summed E-state index contributed by atoms with van der Waals surface area (Å²) in [6, 6.07) is 5.14. The maximum absolute atomic E-state index is 13.6. The number of anilines is 1. The minimum atomic E-state index is -0.390. The third kappa shape index (κ3) is 5.42. The fraction of sp³-hybridized carbons (Fsp3) is 0.571. The highest BCUT2D eigenvalue weighted by atomic mass is 32.1. The quantitative estimate of drug-likeness (QED) is 0.544. The summed E-state index contributed by atoms with van der Waals surface area (Å²) < 4.78 is 5.30. The molecular weight excluding hydrogens is 502 g/mol. The number of thiazole rings is 1. The maximum Gasteiger partial charge on any atom is 0.308 e. The zero-order valence-electron chi connectivity index (χ0n) is 22.6. The minimum absolute atomic E-state index is 0.119. The number of benzene rings is 1. The van der Waals surface area contributed by atoms with Gasteiger partial charge in [-0.3, -0.25) is 14.4 Å². The monoisotopic (exact) mass is 539 g/mol. The lowest BCUT2D eigenvalue weighted by atomic mass is 9.81. The first-order valence-corrected chi connectivity index (χ1v) is 14.3. The summed E-state index contributed by atoms with van der Waals surface area (Å²) in [6.07, 6.45) is 3.10. The molecule has 2 aliphatic heterocycles. The Labute approximate surface area is 227 Å². The highest BCUT2D eigenvalue weighted by Gasteiger charge is 2.41. The second kappa shape index (κ2) is 11.0. The van der Waals surface area contributed by atoms with Gasteiger partial charge in [-0.1, -0.05) is 17.7 Å². The van der Waals surface area contributed by atoms with E-state index in [9.17, 15) is 14.4 Å². The van der Waals surface area contributed by atoms with E-state index < -0.39 is 0 Å². The van der Waals surface area contributed by atoms with E-state index in [2.05, 4.69) is 33.6 Å². The van der Waals surface area contributed by atoms with Crippen molar-refractivity contribution in [3.05, 3.63) is 44.9 Å². The fourth-order valence-electron chi connectivity index (χ4n) is 5.90. The predicted molar refractivity (Wildman–Crippen MR) is 146 cm³/mol.